The molecule has 1 aromatic carbocycles. The lowest BCUT2D eigenvalue weighted by Gasteiger charge is -2.32. The Hall–Kier alpha value is -2.65. The van der Waals surface area contributed by atoms with Crippen molar-refractivity contribution in [2.75, 3.05) is 13.2 Å². The Morgan fingerprint density at radius 1 is 1.30 bits per heavy atom. The average molecular weight is 266 g/mol. The predicted octanol–water partition coefficient (Wildman–Crippen LogP) is 2.01. The zero-order chi connectivity index (χ0) is 13.6. The van der Waals surface area contributed by atoms with Crippen LogP contribution in [0.3, 0.4) is 0 Å². The van der Waals surface area contributed by atoms with Crippen molar-refractivity contribution in [2.24, 2.45) is 0 Å². The maximum absolute atomic E-state index is 9.27. The molecule has 0 atom stereocenters. The summed E-state index contributed by atoms with van der Waals surface area (Å²) in [6, 6.07) is 8.01. The molecule has 3 aromatic rings. The summed E-state index contributed by atoms with van der Waals surface area (Å²) >= 11 is 0. The van der Waals surface area contributed by atoms with Crippen LogP contribution in [-0.4, -0.2) is 28.2 Å². The van der Waals surface area contributed by atoms with Crippen molar-refractivity contribution in [1.29, 1.82) is 5.26 Å². The van der Waals surface area contributed by atoms with Gasteiger partial charge in [-0.2, -0.15) is 5.26 Å². The number of hydrogen-bond acceptors (Lipinski definition) is 5. The molecule has 98 valence electrons. The Labute approximate surface area is 114 Å². The highest BCUT2D eigenvalue weighted by Gasteiger charge is 2.43. The van der Waals surface area contributed by atoms with E-state index in [0.29, 0.717) is 19.0 Å². The summed E-state index contributed by atoms with van der Waals surface area (Å²) in [4.78, 5) is 11.6. The van der Waals surface area contributed by atoms with Crippen molar-refractivity contribution in [2.45, 2.75) is 5.41 Å². The summed E-state index contributed by atoms with van der Waals surface area (Å²) in [6.45, 7) is 0.773. The second-order valence-corrected chi connectivity index (χ2v) is 4.87. The molecule has 0 amide bonds. The quantitative estimate of drug-likeness (QED) is 0.766. The highest BCUT2D eigenvalue weighted by molar-refractivity contribution is 5.78. The van der Waals surface area contributed by atoms with Gasteiger partial charge in [-0.15, -0.1) is 0 Å². The smallest absolute Gasteiger partial charge is 0.181 e. The van der Waals surface area contributed by atoms with Gasteiger partial charge in [0.05, 0.1) is 31.2 Å². The number of H-pyrrole nitrogens is 1. The second kappa shape index (κ2) is 3.92. The van der Waals surface area contributed by atoms with Gasteiger partial charge < -0.3 is 14.1 Å². The number of ether oxygens (including phenoxy) is 1. The molecule has 1 fully saturated rings. The fourth-order valence-corrected chi connectivity index (χ4v) is 2.29. The van der Waals surface area contributed by atoms with Crippen molar-refractivity contribution in [3.8, 4) is 17.3 Å². The van der Waals surface area contributed by atoms with Crippen LogP contribution in [0.5, 0.6) is 0 Å². The number of nitrogens with one attached hydrogen (secondary N) is 1. The van der Waals surface area contributed by atoms with Gasteiger partial charge >= 0.3 is 0 Å². The Morgan fingerprint density at radius 3 is 2.95 bits per heavy atom. The molecule has 1 aliphatic rings. The van der Waals surface area contributed by atoms with Crippen molar-refractivity contribution < 1.29 is 9.15 Å². The molecule has 4 rings (SSSR count). The number of imidazole rings is 1. The Morgan fingerprint density at radius 2 is 2.20 bits per heavy atom. The Kier molecular flexibility index (Phi) is 2.20. The third-order valence-electron chi connectivity index (χ3n) is 3.58. The van der Waals surface area contributed by atoms with E-state index in [0.717, 1.165) is 22.4 Å². The molecule has 0 radical (unpaired) electrons. The van der Waals surface area contributed by atoms with Crippen LogP contribution in [-0.2, 0) is 10.2 Å². The third kappa shape index (κ3) is 1.47. The highest BCUT2D eigenvalue weighted by Crippen LogP contribution is 2.31. The molecule has 3 heterocycles. The molecule has 0 spiro atoms. The molecule has 0 aliphatic carbocycles. The fourth-order valence-electron chi connectivity index (χ4n) is 2.29. The zero-order valence-corrected chi connectivity index (χ0v) is 10.5. The van der Waals surface area contributed by atoms with Crippen LogP contribution in [0.4, 0.5) is 0 Å². The fraction of sp³-hybridized carbons (Fsp3) is 0.214. The second-order valence-electron chi connectivity index (χ2n) is 4.87. The first-order valence-corrected chi connectivity index (χ1v) is 6.19. The summed E-state index contributed by atoms with van der Waals surface area (Å²) in [5.41, 5.74) is 2.70. The van der Waals surface area contributed by atoms with Crippen LogP contribution in [0.2, 0.25) is 0 Å². The van der Waals surface area contributed by atoms with E-state index in [1.165, 1.54) is 6.39 Å². The lowest BCUT2D eigenvalue weighted by atomic mass is 9.87. The minimum absolute atomic E-state index is 0.387. The van der Waals surface area contributed by atoms with Gasteiger partial charge in [0.25, 0.3) is 0 Å². The van der Waals surface area contributed by atoms with Gasteiger partial charge in [-0.1, -0.05) is 6.07 Å². The van der Waals surface area contributed by atoms with E-state index in [4.69, 9.17) is 9.15 Å². The van der Waals surface area contributed by atoms with Crippen LogP contribution >= 0.6 is 0 Å². The van der Waals surface area contributed by atoms with Gasteiger partial charge in [0.2, 0.25) is 0 Å². The standard InChI is InChI=1S/C14H10N4O2/c15-5-14(6-19-7-14)13-16-4-11(18-13)9-1-2-10-12(3-9)20-8-17-10/h1-4,8H,6-7H2,(H,16,18). The van der Waals surface area contributed by atoms with E-state index < -0.39 is 5.41 Å². The van der Waals surface area contributed by atoms with Gasteiger partial charge in [0, 0.05) is 5.56 Å². The molecule has 0 unspecified atom stereocenters. The molecular weight excluding hydrogens is 256 g/mol. The molecular formula is C14H10N4O2. The lowest BCUT2D eigenvalue weighted by Crippen LogP contribution is -2.46. The number of rotatable bonds is 2. The summed E-state index contributed by atoms with van der Waals surface area (Å²) in [5, 5.41) is 9.27. The van der Waals surface area contributed by atoms with Crippen molar-refractivity contribution in [3.05, 3.63) is 36.6 Å². The van der Waals surface area contributed by atoms with Gasteiger partial charge in [0.15, 0.2) is 17.4 Å². The molecule has 1 saturated heterocycles. The van der Waals surface area contributed by atoms with E-state index in [1.54, 1.807) is 6.20 Å². The summed E-state index contributed by atoms with van der Waals surface area (Å²) in [5.74, 6) is 0.652. The van der Waals surface area contributed by atoms with Crippen LogP contribution in [0, 0.1) is 11.3 Å². The van der Waals surface area contributed by atoms with E-state index >= 15 is 0 Å². The molecule has 0 saturated carbocycles. The maximum atomic E-state index is 9.27. The summed E-state index contributed by atoms with van der Waals surface area (Å²) < 4.78 is 10.4. The van der Waals surface area contributed by atoms with E-state index in [2.05, 4.69) is 21.0 Å². The third-order valence-corrected chi connectivity index (χ3v) is 3.58. The predicted molar refractivity (Wildman–Crippen MR) is 69.7 cm³/mol. The Balaban J connectivity index is 1.76. The van der Waals surface area contributed by atoms with E-state index in [1.807, 2.05) is 18.2 Å². The molecule has 1 N–H and O–H groups in total. The minimum atomic E-state index is -0.630. The normalized spacial score (nSPS) is 16.8. The molecule has 2 aromatic heterocycles. The average Bonchev–Trinajstić information content (AvgIpc) is 3.06. The first-order chi connectivity index (χ1) is 9.81. The minimum Gasteiger partial charge on any atom is -0.443 e. The van der Waals surface area contributed by atoms with Gasteiger partial charge in [-0.3, -0.25) is 0 Å². The number of aromatic nitrogens is 3. The highest BCUT2D eigenvalue weighted by atomic mass is 16.5. The largest absolute Gasteiger partial charge is 0.443 e. The summed E-state index contributed by atoms with van der Waals surface area (Å²) in [7, 11) is 0. The van der Waals surface area contributed by atoms with Crippen molar-refractivity contribution >= 4 is 11.1 Å². The molecule has 0 bridgehead atoms. The molecule has 1 aliphatic heterocycles. The van der Waals surface area contributed by atoms with Gasteiger partial charge in [-0.25, -0.2) is 9.97 Å². The monoisotopic (exact) mass is 266 g/mol. The number of benzene rings is 1. The SMILES string of the molecule is N#CC1(c2ncc(-c3ccc4ncoc4c3)[nH]2)COC1. The number of nitrogens with zero attached hydrogens (tertiary/aromatic N) is 3. The maximum Gasteiger partial charge on any atom is 0.181 e. The van der Waals surface area contributed by atoms with Crippen LogP contribution < -0.4 is 0 Å². The van der Waals surface area contributed by atoms with Crippen LogP contribution in [0.1, 0.15) is 5.82 Å². The van der Waals surface area contributed by atoms with Crippen LogP contribution in [0.25, 0.3) is 22.4 Å². The van der Waals surface area contributed by atoms with E-state index in [9.17, 15) is 5.26 Å². The van der Waals surface area contributed by atoms with Gasteiger partial charge in [-0.05, 0) is 12.1 Å². The molecule has 6 nitrogen and oxygen atoms in total. The van der Waals surface area contributed by atoms with Gasteiger partial charge in [0.1, 0.15) is 11.3 Å². The topological polar surface area (TPSA) is 87.7 Å². The van der Waals surface area contributed by atoms with Crippen molar-refractivity contribution in [3.63, 3.8) is 0 Å². The number of oxazole rings is 1. The Bertz CT molecular complexity index is 823. The van der Waals surface area contributed by atoms with Crippen molar-refractivity contribution in [1.82, 2.24) is 15.0 Å². The molecule has 20 heavy (non-hydrogen) atoms. The first-order valence-electron chi connectivity index (χ1n) is 6.19. The number of aromatic amines is 1. The number of nitriles is 1. The zero-order valence-electron chi connectivity index (χ0n) is 10.5. The summed E-state index contributed by atoms with van der Waals surface area (Å²) in [6.07, 6.45) is 3.15. The first kappa shape index (κ1) is 11.2. The number of fused-ring (bicyclic) bond motifs is 1. The molecule has 6 heteroatoms. The number of hydrogen-bond donors (Lipinski definition) is 1. The van der Waals surface area contributed by atoms with E-state index in [-0.39, 0.29) is 0 Å². The lowest BCUT2D eigenvalue weighted by molar-refractivity contribution is -0.0335. The van der Waals surface area contributed by atoms with Crippen LogP contribution in [0.15, 0.2) is 35.2 Å².